The highest BCUT2D eigenvalue weighted by Crippen LogP contribution is 2.29. The molecule has 22 heavy (non-hydrogen) atoms. The molecule has 1 aromatic carbocycles. The summed E-state index contributed by atoms with van der Waals surface area (Å²) in [6.07, 6.45) is -2.88. The van der Waals surface area contributed by atoms with Crippen LogP contribution in [0.15, 0.2) is 30.0 Å². The van der Waals surface area contributed by atoms with Gasteiger partial charge in [-0.25, -0.2) is 0 Å². The van der Waals surface area contributed by atoms with E-state index in [4.69, 9.17) is 12.2 Å². The first-order valence-electron chi connectivity index (χ1n) is 6.70. The normalized spacial score (nSPS) is 17.5. The number of alkyl halides is 3. The molecule has 1 aliphatic heterocycles. The Kier molecular flexibility index (Phi) is 4.55. The van der Waals surface area contributed by atoms with Gasteiger partial charge < -0.3 is 5.32 Å². The summed E-state index contributed by atoms with van der Waals surface area (Å²) >= 11 is 5.10. The van der Waals surface area contributed by atoms with Gasteiger partial charge in [-0.3, -0.25) is 9.69 Å². The summed E-state index contributed by atoms with van der Waals surface area (Å²) in [4.78, 5) is 13.7. The lowest BCUT2D eigenvalue weighted by Gasteiger charge is -2.15. The molecule has 1 amide bonds. The van der Waals surface area contributed by atoms with Crippen LogP contribution in [-0.4, -0.2) is 22.5 Å². The van der Waals surface area contributed by atoms with Gasteiger partial charge in [0, 0.05) is 6.54 Å². The predicted molar refractivity (Wildman–Crippen MR) is 81.7 cm³/mol. The first-order chi connectivity index (χ1) is 10.2. The van der Waals surface area contributed by atoms with Crippen LogP contribution in [0, 0.1) is 5.92 Å². The fourth-order valence-corrected chi connectivity index (χ4v) is 2.30. The highest BCUT2D eigenvalue weighted by atomic mass is 32.1. The number of benzene rings is 1. The molecule has 0 bridgehead atoms. The molecule has 0 saturated carbocycles. The number of carbonyl (C=O) groups excluding carboxylic acids is 1. The van der Waals surface area contributed by atoms with Gasteiger partial charge in [0.1, 0.15) is 5.70 Å². The number of hydrogen-bond acceptors (Lipinski definition) is 2. The van der Waals surface area contributed by atoms with Gasteiger partial charge in [-0.1, -0.05) is 26.0 Å². The molecule has 1 heterocycles. The molecule has 0 aromatic heterocycles. The van der Waals surface area contributed by atoms with Crippen molar-refractivity contribution in [1.82, 2.24) is 10.2 Å². The lowest BCUT2D eigenvalue weighted by Crippen LogP contribution is -2.33. The summed E-state index contributed by atoms with van der Waals surface area (Å²) < 4.78 is 37.5. The lowest BCUT2D eigenvalue weighted by molar-refractivity contribution is -0.137. The van der Waals surface area contributed by atoms with E-state index >= 15 is 0 Å². The molecule has 1 aliphatic rings. The molecular weight excluding hydrogens is 313 g/mol. The van der Waals surface area contributed by atoms with Gasteiger partial charge in [0.2, 0.25) is 0 Å². The van der Waals surface area contributed by atoms with Crippen LogP contribution < -0.4 is 5.32 Å². The van der Waals surface area contributed by atoms with Crippen molar-refractivity contribution in [2.24, 2.45) is 5.92 Å². The summed E-state index contributed by atoms with van der Waals surface area (Å²) in [7, 11) is 0. The van der Waals surface area contributed by atoms with Gasteiger partial charge in [-0.05, 0) is 41.9 Å². The molecule has 0 aliphatic carbocycles. The van der Waals surface area contributed by atoms with Crippen LogP contribution in [0.2, 0.25) is 0 Å². The van der Waals surface area contributed by atoms with E-state index in [1.54, 1.807) is 0 Å². The van der Waals surface area contributed by atoms with Crippen molar-refractivity contribution < 1.29 is 18.0 Å². The Morgan fingerprint density at radius 2 is 1.86 bits per heavy atom. The van der Waals surface area contributed by atoms with Crippen molar-refractivity contribution in [3.05, 3.63) is 41.1 Å². The quantitative estimate of drug-likeness (QED) is 0.682. The highest BCUT2D eigenvalue weighted by molar-refractivity contribution is 7.80. The Labute approximate surface area is 131 Å². The number of nitrogens with zero attached hydrogens (tertiary/aromatic N) is 1. The minimum absolute atomic E-state index is 0.258. The largest absolute Gasteiger partial charge is 0.416 e. The maximum absolute atomic E-state index is 12.5. The number of hydrogen-bond donors (Lipinski definition) is 1. The number of nitrogens with one attached hydrogen (secondary N) is 1. The highest BCUT2D eigenvalue weighted by Gasteiger charge is 2.31. The third-order valence-electron chi connectivity index (χ3n) is 3.06. The Hall–Kier alpha value is -1.89. The summed E-state index contributed by atoms with van der Waals surface area (Å²) in [6.45, 7) is 4.43. The monoisotopic (exact) mass is 328 g/mol. The second kappa shape index (κ2) is 6.08. The van der Waals surface area contributed by atoms with Crippen LogP contribution in [0.1, 0.15) is 25.0 Å². The number of thiocarbonyl (C=S) groups is 1. The number of rotatable bonds is 3. The summed E-state index contributed by atoms with van der Waals surface area (Å²) in [5.74, 6) is -0.00674. The van der Waals surface area contributed by atoms with E-state index < -0.39 is 11.7 Å². The molecule has 1 saturated heterocycles. The first-order valence-corrected chi connectivity index (χ1v) is 7.11. The Balaban J connectivity index is 2.20. The zero-order valence-corrected chi connectivity index (χ0v) is 12.9. The van der Waals surface area contributed by atoms with E-state index in [1.807, 2.05) is 13.8 Å². The molecule has 3 nitrogen and oxygen atoms in total. The molecule has 0 unspecified atom stereocenters. The molecule has 118 valence electrons. The van der Waals surface area contributed by atoms with Gasteiger partial charge in [-0.2, -0.15) is 13.2 Å². The van der Waals surface area contributed by atoms with Crippen LogP contribution in [0.4, 0.5) is 13.2 Å². The smallest absolute Gasteiger partial charge is 0.328 e. The Morgan fingerprint density at radius 3 is 2.36 bits per heavy atom. The molecule has 2 rings (SSSR count). The summed E-state index contributed by atoms with van der Waals surface area (Å²) in [5, 5.41) is 3.12. The van der Waals surface area contributed by atoms with E-state index in [-0.39, 0.29) is 17.5 Å². The first kappa shape index (κ1) is 16.5. The lowest BCUT2D eigenvalue weighted by atomic mass is 10.1. The molecule has 7 heteroatoms. The van der Waals surface area contributed by atoms with Crippen LogP contribution in [0.25, 0.3) is 6.08 Å². The van der Waals surface area contributed by atoms with Crippen molar-refractivity contribution in [3.8, 4) is 0 Å². The third kappa shape index (κ3) is 3.65. The van der Waals surface area contributed by atoms with Crippen LogP contribution in [0.5, 0.6) is 0 Å². The molecule has 0 atom stereocenters. The van der Waals surface area contributed by atoms with Crippen molar-refractivity contribution in [3.63, 3.8) is 0 Å². The van der Waals surface area contributed by atoms with Gasteiger partial charge in [-0.15, -0.1) is 0 Å². The second-order valence-electron chi connectivity index (χ2n) is 5.42. The molecule has 1 N–H and O–H groups in total. The van der Waals surface area contributed by atoms with Crippen LogP contribution in [-0.2, 0) is 11.0 Å². The number of carbonyl (C=O) groups is 1. The zero-order valence-electron chi connectivity index (χ0n) is 12.1. The van der Waals surface area contributed by atoms with Gasteiger partial charge >= 0.3 is 6.18 Å². The van der Waals surface area contributed by atoms with Gasteiger partial charge in [0.25, 0.3) is 5.91 Å². The standard InChI is InChI=1S/C15H15F3N2OS/c1-9(2)8-20-13(21)12(19-14(20)22)7-10-3-5-11(6-4-10)15(16,17)18/h3-7,9H,8H2,1-2H3,(H,19,22)/b12-7+. The summed E-state index contributed by atoms with van der Waals surface area (Å²) in [5.41, 5.74) is 0.0424. The van der Waals surface area contributed by atoms with Gasteiger partial charge in [0.15, 0.2) is 5.11 Å². The molecule has 0 spiro atoms. The van der Waals surface area contributed by atoms with Crippen molar-refractivity contribution in [2.75, 3.05) is 6.54 Å². The van der Waals surface area contributed by atoms with Crippen LogP contribution >= 0.6 is 12.2 Å². The second-order valence-corrected chi connectivity index (χ2v) is 5.80. The van der Waals surface area contributed by atoms with Crippen molar-refractivity contribution in [1.29, 1.82) is 0 Å². The average molecular weight is 328 g/mol. The van der Waals surface area contributed by atoms with Gasteiger partial charge in [0.05, 0.1) is 5.56 Å². The Morgan fingerprint density at radius 1 is 1.27 bits per heavy atom. The maximum atomic E-state index is 12.5. The fraction of sp³-hybridized carbons (Fsp3) is 0.333. The number of halogens is 3. The Bertz CT molecular complexity index is 621. The SMILES string of the molecule is CC(C)CN1C(=O)/C(=C\c2ccc(C(F)(F)F)cc2)NC1=S. The van der Waals surface area contributed by atoms with E-state index in [0.717, 1.165) is 12.1 Å². The van der Waals surface area contributed by atoms with E-state index in [1.165, 1.54) is 23.1 Å². The maximum Gasteiger partial charge on any atom is 0.416 e. The van der Waals surface area contributed by atoms with E-state index in [2.05, 4.69) is 5.32 Å². The van der Waals surface area contributed by atoms with E-state index in [9.17, 15) is 18.0 Å². The van der Waals surface area contributed by atoms with Crippen molar-refractivity contribution in [2.45, 2.75) is 20.0 Å². The molecule has 1 aromatic rings. The van der Waals surface area contributed by atoms with Crippen LogP contribution in [0.3, 0.4) is 0 Å². The average Bonchev–Trinajstić information content (AvgIpc) is 2.66. The fourth-order valence-electron chi connectivity index (χ4n) is 2.04. The summed E-state index contributed by atoms with van der Waals surface area (Å²) in [6, 6.07) is 4.60. The minimum Gasteiger partial charge on any atom is -0.328 e. The topological polar surface area (TPSA) is 32.3 Å². The predicted octanol–water partition coefficient (Wildman–Crippen LogP) is 3.42. The van der Waals surface area contributed by atoms with E-state index in [0.29, 0.717) is 17.2 Å². The zero-order chi connectivity index (χ0) is 16.5. The van der Waals surface area contributed by atoms with Crippen molar-refractivity contribution >= 4 is 29.3 Å². The minimum atomic E-state index is -4.37. The molecule has 0 radical (unpaired) electrons. The molecular formula is C15H15F3N2OS. The number of amides is 1. The third-order valence-corrected chi connectivity index (χ3v) is 3.38. The molecule has 1 fully saturated rings.